The highest BCUT2D eigenvalue weighted by atomic mass is 79.9. The number of carbonyl (C=O) groups is 2. The van der Waals surface area contributed by atoms with Gasteiger partial charge >= 0.3 is 6.09 Å². The number of hydrogen-bond donors (Lipinski definition) is 2. The Balaban J connectivity index is 2.13. The summed E-state index contributed by atoms with van der Waals surface area (Å²) in [5.74, 6) is -0.462. The molecule has 20 heavy (non-hydrogen) atoms. The molecule has 2 rings (SSSR count). The van der Waals surface area contributed by atoms with Crippen molar-refractivity contribution in [1.82, 2.24) is 9.88 Å². The molecule has 1 saturated heterocycles. The molecule has 1 aromatic rings. The van der Waals surface area contributed by atoms with Crippen molar-refractivity contribution in [2.45, 2.75) is 18.6 Å². The first-order chi connectivity index (χ1) is 9.36. The number of rotatable bonds is 2. The van der Waals surface area contributed by atoms with Gasteiger partial charge in [-0.1, -0.05) is 11.6 Å². The van der Waals surface area contributed by atoms with E-state index in [0.717, 1.165) is 4.90 Å². The monoisotopic (exact) mass is 365 g/mol. The van der Waals surface area contributed by atoms with E-state index in [0.29, 0.717) is 9.63 Å². The van der Waals surface area contributed by atoms with E-state index < -0.39 is 24.2 Å². The molecule has 0 saturated carbocycles. The summed E-state index contributed by atoms with van der Waals surface area (Å²) in [6.07, 6.45) is -2.84. The highest BCUT2D eigenvalue weighted by Crippen LogP contribution is 2.23. The maximum Gasteiger partial charge on any atom is 0.408 e. The van der Waals surface area contributed by atoms with Crippen LogP contribution in [-0.2, 0) is 4.79 Å². The van der Waals surface area contributed by atoms with E-state index in [1.165, 1.54) is 12.1 Å². The van der Waals surface area contributed by atoms with Crippen LogP contribution in [0.3, 0.4) is 0 Å². The molecule has 0 aromatic carbocycles. The zero-order valence-corrected chi connectivity index (χ0v) is 12.4. The molecular weight excluding hydrogens is 356 g/mol. The molecule has 2 heterocycles. The van der Waals surface area contributed by atoms with Crippen LogP contribution >= 0.6 is 27.5 Å². The number of hydrogen-bond acceptors (Lipinski definition) is 3. The average molecular weight is 367 g/mol. The number of aromatic nitrogens is 1. The van der Waals surface area contributed by atoms with Crippen LogP contribution in [0.2, 0.25) is 5.02 Å². The summed E-state index contributed by atoms with van der Waals surface area (Å²) in [7, 11) is 0. The van der Waals surface area contributed by atoms with E-state index in [9.17, 15) is 14.0 Å². The van der Waals surface area contributed by atoms with Crippen molar-refractivity contribution < 1.29 is 19.1 Å². The Bertz CT molecular complexity index is 539. The molecule has 1 aromatic heterocycles. The summed E-state index contributed by atoms with van der Waals surface area (Å²) in [4.78, 5) is 27.7. The van der Waals surface area contributed by atoms with Gasteiger partial charge in [-0.25, -0.2) is 14.2 Å². The van der Waals surface area contributed by atoms with Gasteiger partial charge in [-0.3, -0.25) is 9.69 Å². The van der Waals surface area contributed by atoms with E-state index in [1.54, 1.807) is 0 Å². The Labute approximate surface area is 127 Å². The molecule has 0 bridgehead atoms. The number of pyridine rings is 1. The number of carboxylic acid groups (broad SMARTS) is 1. The fourth-order valence-corrected chi connectivity index (χ4v) is 2.76. The van der Waals surface area contributed by atoms with E-state index in [1.807, 2.05) is 0 Å². The van der Waals surface area contributed by atoms with Gasteiger partial charge in [0.05, 0.1) is 6.54 Å². The molecule has 108 valence electrons. The summed E-state index contributed by atoms with van der Waals surface area (Å²) in [6.45, 7) is -0.305. The SMILES string of the molecule is O=C(Nc1cc(Cl)cc(Br)n1)[C@@H]1C[C@@H](F)CN1C(=O)O. The van der Waals surface area contributed by atoms with Crippen molar-refractivity contribution in [3.05, 3.63) is 21.8 Å². The Morgan fingerprint density at radius 2 is 2.25 bits per heavy atom. The van der Waals surface area contributed by atoms with Gasteiger partial charge in [0.2, 0.25) is 5.91 Å². The molecule has 2 atom stereocenters. The van der Waals surface area contributed by atoms with E-state index >= 15 is 0 Å². The molecule has 6 nitrogen and oxygen atoms in total. The number of amides is 2. The second kappa shape index (κ2) is 5.92. The fraction of sp³-hybridized carbons (Fsp3) is 0.364. The molecule has 1 aliphatic rings. The highest BCUT2D eigenvalue weighted by molar-refractivity contribution is 9.10. The lowest BCUT2D eigenvalue weighted by molar-refractivity contribution is -0.120. The van der Waals surface area contributed by atoms with Gasteiger partial charge in [0, 0.05) is 11.4 Å². The lowest BCUT2D eigenvalue weighted by Crippen LogP contribution is -2.42. The highest BCUT2D eigenvalue weighted by Gasteiger charge is 2.40. The van der Waals surface area contributed by atoms with E-state index in [-0.39, 0.29) is 18.8 Å². The van der Waals surface area contributed by atoms with Crippen LogP contribution in [0, 0.1) is 0 Å². The van der Waals surface area contributed by atoms with Gasteiger partial charge in [-0.05, 0) is 28.1 Å². The third kappa shape index (κ3) is 3.37. The van der Waals surface area contributed by atoms with Crippen LogP contribution in [0.4, 0.5) is 15.0 Å². The quantitative estimate of drug-likeness (QED) is 0.788. The second-order valence-electron chi connectivity index (χ2n) is 4.27. The van der Waals surface area contributed by atoms with Crippen molar-refractivity contribution >= 4 is 45.3 Å². The summed E-state index contributed by atoms with van der Waals surface area (Å²) in [5, 5.41) is 11.7. The first-order valence-electron chi connectivity index (χ1n) is 5.64. The first kappa shape index (κ1) is 15.0. The molecule has 9 heteroatoms. The summed E-state index contributed by atoms with van der Waals surface area (Å²) in [5.41, 5.74) is 0. The van der Waals surface area contributed by atoms with Gasteiger partial charge in [0.1, 0.15) is 22.6 Å². The Morgan fingerprint density at radius 3 is 2.85 bits per heavy atom. The number of nitrogens with one attached hydrogen (secondary N) is 1. The summed E-state index contributed by atoms with van der Waals surface area (Å²) < 4.78 is 13.7. The molecular formula is C11H10BrClFN3O3. The van der Waals surface area contributed by atoms with Crippen LogP contribution < -0.4 is 5.32 Å². The third-order valence-corrected chi connectivity index (χ3v) is 3.43. The van der Waals surface area contributed by atoms with Crippen LogP contribution in [0.25, 0.3) is 0 Å². The smallest absolute Gasteiger partial charge is 0.408 e. The number of nitrogens with zero attached hydrogens (tertiary/aromatic N) is 2. The second-order valence-corrected chi connectivity index (χ2v) is 5.52. The van der Waals surface area contributed by atoms with Crippen molar-refractivity contribution in [1.29, 1.82) is 0 Å². The number of halogens is 3. The average Bonchev–Trinajstić information content (AvgIpc) is 2.70. The number of anilines is 1. The van der Waals surface area contributed by atoms with Crippen molar-refractivity contribution in [2.24, 2.45) is 0 Å². The molecule has 0 unspecified atom stereocenters. The Kier molecular flexibility index (Phi) is 4.44. The zero-order chi connectivity index (χ0) is 14.9. The number of carbonyl (C=O) groups excluding carboxylic acids is 1. The van der Waals surface area contributed by atoms with Gasteiger partial charge < -0.3 is 10.4 Å². The number of likely N-dealkylation sites (tertiary alicyclic amines) is 1. The van der Waals surface area contributed by atoms with E-state index in [2.05, 4.69) is 26.2 Å². The Morgan fingerprint density at radius 1 is 1.55 bits per heavy atom. The fourth-order valence-electron chi connectivity index (χ4n) is 1.98. The van der Waals surface area contributed by atoms with Crippen molar-refractivity contribution in [3.63, 3.8) is 0 Å². The largest absolute Gasteiger partial charge is 0.465 e. The molecule has 0 aliphatic carbocycles. The molecule has 0 spiro atoms. The van der Waals surface area contributed by atoms with Crippen LogP contribution in [-0.4, -0.2) is 45.7 Å². The van der Waals surface area contributed by atoms with Gasteiger partial charge in [-0.2, -0.15) is 0 Å². The number of alkyl halides is 1. The predicted molar refractivity (Wildman–Crippen MR) is 73.6 cm³/mol. The van der Waals surface area contributed by atoms with Crippen LogP contribution in [0.1, 0.15) is 6.42 Å². The standard InChI is InChI=1S/C11H10BrClFN3O3/c12-8-1-5(13)2-9(15-8)16-10(18)7-3-6(14)4-17(7)11(19)20/h1-2,6-7H,3-4H2,(H,19,20)(H,15,16,18)/t6-,7+/m1/s1. The zero-order valence-electron chi connectivity index (χ0n) is 10.0. The van der Waals surface area contributed by atoms with Gasteiger partial charge in [-0.15, -0.1) is 0 Å². The predicted octanol–water partition coefficient (Wildman–Crippen LogP) is 2.53. The minimum absolute atomic E-state index is 0.167. The minimum atomic E-state index is -1.35. The van der Waals surface area contributed by atoms with Gasteiger partial charge in [0.15, 0.2) is 0 Å². The van der Waals surface area contributed by atoms with Crippen molar-refractivity contribution in [3.8, 4) is 0 Å². The lowest BCUT2D eigenvalue weighted by atomic mass is 10.2. The van der Waals surface area contributed by atoms with E-state index in [4.69, 9.17) is 16.7 Å². The summed E-state index contributed by atoms with van der Waals surface area (Å²) >= 11 is 8.93. The van der Waals surface area contributed by atoms with Gasteiger partial charge in [0.25, 0.3) is 0 Å². The van der Waals surface area contributed by atoms with Crippen LogP contribution in [0.5, 0.6) is 0 Å². The molecule has 1 aliphatic heterocycles. The summed E-state index contributed by atoms with van der Waals surface area (Å²) in [6, 6.07) is 1.88. The minimum Gasteiger partial charge on any atom is -0.465 e. The Hall–Kier alpha value is -1.41. The molecule has 2 amide bonds. The normalized spacial score (nSPS) is 21.9. The molecule has 1 fully saturated rings. The topological polar surface area (TPSA) is 82.5 Å². The molecule has 2 N–H and O–H groups in total. The third-order valence-electron chi connectivity index (χ3n) is 2.81. The molecule has 0 radical (unpaired) electrons. The lowest BCUT2D eigenvalue weighted by Gasteiger charge is -2.20. The maximum absolute atomic E-state index is 13.3. The first-order valence-corrected chi connectivity index (χ1v) is 6.81. The van der Waals surface area contributed by atoms with Crippen LogP contribution in [0.15, 0.2) is 16.7 Å². The maximum atomic E-state index is 13.3. The van der Waals surface area contributed by atoms with Crippen molar-refractivity contribution in [2.75, 3.05) is 11.9 Å².